The molecule has 3 rings (SSSR count). The molecular formula is C20H31N5O2. The van der Waals surface area contributed by atoms with Crippen molar-refractivity contribution in [3.8, 4) is 0 Å². The van der Waals surface area contributed by atoms with Gasteiger partial charge in [0.1, 0.15) is 6.04 Å². The summed E-state index contributed by atoms with van der Waals surface area (Å²) >= 11 is 0. The van der Waals surface area contributed by atoms with Crippen LogP contribution in [0.2, 0.25) is 0 Å². The van der Waals surface area contributed by atoms with E-state index in [0.717, 1.165) is 51.9 Å². The lowest BCUT2D eigenvalue weighted by molar-refractivity contribution is -0.133. The van der Waals surface area contributed by atoms with E-state index in [2.05, 4.69) is 15.2 Å². The van der Waals surface area contributed by atoms with Crippen LogP contribution < -0.4 is 16.0 Å². The third-order valence-electron chi connectivity index (χ3n) is 5.62. The standard InChI is InChI=1S/C20H31N5O2/c21-18(20(27)25-10-2-1-3-11-25)15-23-19(26)14-16-6-12-24(13-7-16)17-4-8-22-9-5-17/h4-5,8-9,16,18H,1-3,6-7,10-15,21H2,(H,23,26). The van der Waals surface area contributed by atoms with Crippen molar-refractivity contribution < 1.29 is 9.59 Å². The van der Waals surface area contributed by atoms with E-state index in [-0.39, 0.29) is 18.4 Å². The first kappa shape index (κ1) is 19.6. The number of hydrogen-bond donors (Lipinski definition) is 2. The summed E-state index contributed by atoms with van der Waals surface area (Å²) in [5, 5.41) is 2.86. The molecule has 1 aromatic rings. The molecule has 0 spiro atoms. The highest BCUT2D eigenvalue weighted by molar-refractivity contribution is 5.83. The Morgan fingerprint density at radius 1 is 1.11 bits per heavy atom. The molecule has 1 unspecified atom stereocenters. The smallest absolute Gasteiger partial charge is 0.241 e. The van der Waals surface area contributed by atoms with Gasteiger partial charge >= 0.3 is 0 Å². The van der Waals surface area contributed by atoms with E-state index >= 15 is 0 Å². The number of amides is 2. The lowest BCUT2D eigenvalue weighted by atomic mass is 9.93. The largest absolute Gasteiger partial charge is 0.371 e. The number of pyridine rings is 1. The molecule has 0 radical (unpaired) electrons. The van der Waals surface area contributed by atoms with E-state index in [4.69, 9.17) is 5.73 Å². The molecule has 2 saturated heterocycles. The number of carbonyl (C=O) groups excluding carboxylic acids is 2. The van der Waals surface area contributed by atoms with Crippen LogP contribution in [0.15, 0.2) is 24.5 Å². The molecule has 0 aromatic carbocycles. The van der Waals surface area contributed by atoms with Gasteiger partial charge in [-0.15, -0.1) is 0 Å². The molecule has 3 N–H and O–H groups in total. The zero-order valence-corrected chi connectivity index (χ0v) is 16.0. The average molecular weight is 374 g/mol. The van der Waals surface area contributed by atoms with Crippen molar-refractivity contribution in [3.63, 3.8) is 0 Å². The highest BCUT2D eigenvalue weighted by Crippen LogP contribution is 2.24. The van der Waals surface area contributed by atoms with Crippen LogP contribution in [-0.2, 0) is 9.59 Å². The number of nitrogens with two attached hydrogens (primary N) is 1. The van der Waals surface area contributed by atoms with Gasteiger partial charge in [-0.3, -0.25) is 14.6 Å². The maximum atomic E-state index is 12.3. The van der Waals surface area contributed by atoms with Crippen molar-refractivity contribution in [1.82, 2.24) is 15.2 Å². The second-order valence-electron chi connectivity index (χ2n) is 7.64. The Hall–Kier alpha value is -2.15. The van der Waals surface area contributed by atoms with E-state index in [1.54, 1.807) is 0 Å². The van der Waals surface area contributed by atoms with E-state index in [1.807, 2.05) is 29.4 Å². The predicted octanol–water partition coefficient (Wildman–Crippen LogP) is 1.14. The fourth-order valence-corrected chi connectivity index (χ4v) is 3.94. The molecule has 0 saturated carbocycles. The van der Waals surface area contributed by atoms with Crippen LogP contribution in [0.25, 0.3) is 0 Å². The average Bonchev–Trinajstić information content (AvgIpc) is 2.73. The molecule has 1 atom stereocenters. The highest BCUT2D eigenvalue weighted by atomic mass is 16.2. The maximum absolute atomic E-state index is 12.3. The minimum Gasteiger partial charge on any atom is -0.371 e. The van der Waals surface area contributed by atoms with Gasteiger partial charge < -0.3 is 20.9 Å². The molecule has 0 aliphatic carbocycles. The highest BCUT2D eigenvalue weighted by Gasteiger charge is 2.24. The molecule has 2 amide bonds. The van der Waals surface area contributed by atoms with Gasteiger partial charge in [-0.1, -0.05) is 0 Å². The second kappa shape index (κ2) is 9.69. The second-order valence-corrected chi connectivity index (χ2v) is 7.64. The summed E-state index contributed by atoms with van der Waals surface area (Å²) in [6, 6.07) is 3.40. The number of piperidine rings is 2. The number of nitrogens with one attached hydrogen (secondary N) is 1. The van der Waals surface area contributed by atoms with Gasteiger partial charge in [0.15, 0.2) is 0 Å². The molecule has 3 heterocycles. The third kappa shape index (κ3) is 5.66. The molecular weight excluding hydrogens is 342 g/mol. The summed E-state index contributed by atoms with van der Waals surface area (Å²) in [7, 11) is 0. The minimum atomic E-state index is -0.638. The molecule has 2 aliphatic heterocycles. The first-order valence-corrected chi connectivity index (χ1v) is 10.1. The predicted molar refractivity (Wildman–Crippen MR) is 105 cm³/mol. The van der Waals surface area contributed by atoms with Gasteiger partial charge in [0, 0.05) is 57.2 Å². The van der Waals surface area contributed by atoms with Crippen LogP contribution in [0.1, 0.15) is 38.5 Å². The van der Waals surface area contributed by atoms with Crippen LogP contribution in [0.5, 0.6) is 0 Å². The number of likely N-dealkylation sites (tertiary alicyclic amines) is 1. The van der Waals surface area contributed by atoms with E-state index in [9.17, 15) is 9.59 Å². The Balaban J connectivity index is 1.35. The molecule has 27 heavy (non-hydrogen) atoms. The monoisotopic (exact) mass is 373 g/mol. The molecule has 2 fully saturated rings. The fraction of sp³-hybridized carbons (Fsp3) is 0.650. The third-order valence-corrected chi connectivity index (χ3v) is 5.62. The van der Waals surface area contributed by atoms with E-state index in [1.165, 1.54) is 12.1 Å². The summed E-state index contributed by atoms with van der Waals surface area (Å²) in [6.45, 7) is 3.71. The first-order chi connectivity index (χ1) is 13.1. The summed E-state index contributed by atoms with van der Waals surface area (Å²) in [4.78, 5) is 32.8. The quantitative estimate of drug-likeness (QED) is 0.780. The van der Waals surface area contributed by atoms with Crippen molar-refractivity contribution >= 4 is 17.5 Å². The Bertz CT molecular complexity index is 610. The van der Waals surface area contributed by atoms with Crippen LogP contribution in [0.4, 0.5) is 5.69 Å². The zero-order valence-electron chi connectivity index (χ0n) is 16.0. The fourth-order valence-electron chi connectivity index (χ4n) is 3.94. The Kier molecular flexibility index (Phi) is 7.04. The van der Waals surface area contributed by atoms with Gasteiger partial charge in [-0.2, -0.15) is 0 Å². The Morgan fingerprint density at radius 3 is 2.44 bits per heavy atom. The van der Waals surface area contributed by atoms with Crippen molar-refractivity contribution in [3.05, 3.63) is 24.5 Å². The van der Waals surface area contributed by atoms with Crippen molar-refractivity contribution in [2.75, 3.05) is 37.6 Å². The lowest BCUT2D eigenvalue weighted by Crippen LogP contribution is -2.51. The molecule has 7 nitrogen and oxygen atoms in total. The van der Waals surface area contributed by atoms with Crippen molar-refractivity contribution in [1.29, 1.82) is 0 Å². The van der Waals surface area contributed by atoms with Crippen LogP contribution in [-0.4, -0.2) is 60.5 Å². The Morgan fingerprint density at radius 2 is 1.78 bits per heavy atom. The molecule has 2 aliphatic rings. The SMILES string of the molecule is NC(CNC(=O)CC1CCN(c2ccncc2)CC1)C(=O)N1CCCCC1. The van der Waals surface area contributed by atoms with Gasteiger partial charge in [-0.05, 0) is 50.2 Å². The molecule has 7 heteroatoms. The normalized spacial score (nSPS) is 19.6. The van der Waals surface area contributed by atoms with Gasteiger partial charge in [0.2, 0.25) is 11.8 Å². The summed E-state index contributed by atoms with van der Waals surface area (Å²) < 4.78 is 0. The minimum absolute atomic E-state index is 0.000690. The van der Waals surface area contributed by atoms with E-state index < -0.39 is 6.04 Å². The Labute approximate surface area is 161 Å². The number of rotatable bonds is 6. The topological polar surface area (TPSA) is 91.6 Å². The number of carbonyl (C=O) groups is 2. The summed E-state index contributed by atoms with van der Waals surface area (Å²) in [6.07, 6.45) is 9.38. The van der Waals surface area contributed by atoms with Crippen molar-refractivity contribution in [2.45, 2.75) is 44.6 Å². The van der Waals surface area contributed by atoms with Gasteiger partial charge in [0.25, 0.3) is 0 Å². The van der Waals surface area contributed by atoms with Crippen LogP contribution in [0.3, 0.4) is 0 Å². The number of hydrogen-bond acceptors (Lipinski definition) is 5. The maximum Gasteiger partial charge on any atom is 0.241 e. The van der Waals surface area contributed by atoms with Crippen LogP contribution >= 0.6 is 0 Å². The molecule has 148 valence electrons. The number of anilines is 1. The first-order valence-electron chi connectivity index (χ1n) is 10.1. The lowest BCUT2D eigenvalue weighted by Gasteiger charge is -2.33. The number of nitrogens with zero attached hydrogens (tertiary/aromatic N) is 3. The summed E-state index contributed by atoms with van der Waals surface area (Å²) in [5.74, 6) is 0.344. The number of aromatic nitrogens is 1. The van der Waals surface area contributed by atoms with Crippen molar-refractivity contribution in [2.24, 2.45) is 11.7 Å². The van der Waals surface area contributed by atoms with Crippen LogP contribution in [0, 0.1) is 5.92 Å². The molecule has 0 bridgehead atoms. The summed E-state index contributed by atoms with van der Waals surface area (Å²) in [5.41, 5.74) is 7.18. The zero-order chi connectivity index (χ0) is 19.1. The van der Waals surface area contributed by atoms with Gasteiger partial charge in [-0.25, -0.2) is 0 Å². The van der Waals surface area contributed by atoms with E-state index in [0.29, 0.717) is 12.3 Å². The molecule has 1 aromatic heterocycles. The van der Waals surface area contributed by atoms with Gasteiger partial charge in [0.05, 0.1) is 0 Å².